The molecule has 2 nitrogen and oxygen atoms in total. The van der Waals surface area contributed by atoms with E-state index in [1.54, 1.807) is 0 Å². The van der Waals surface area contributed by atoms with Gasteiger partial charge in [0.25, 0.3) is 0 Å². The predicted octanol–water partition coefficient (Wildman–Crippen LogP) is 4.44. The number of para-hydroxylation sites is 1. The highest BCUT2D eigenvalue weighted by Crippen LogP contribution is 2.40. The molecule has 2 aromatic rings. The Hall–Kier alpha value is -1.80. The van der Waals surface area contributed by atoms with Gasteiger partial charge in [0.15, 0.2) is 0 Å². The molecule has 1 aliphatic heterocycles. The maximum Gasteiger partial charge on any atom is 0.0366 e. The molecule has 4 rings (SSSR count). The summed E-state index contributed by atoms with van der Waals surface area (Å²) in [5, 5.41) is 3.78. The number of piperidine rings is 1. The van der Waals surface area contributed by atoms with Crippen molar-refractivity contribution in [2.24, 2.45) is 5.92 Å². The summed E-state index contributed by atoms with van der Waals surface area (Å²) in [6, 6.07) is 22.5. The third-order valence-electron chi connectivity index (χ3n) is 5.71. The van der Waals surface area contributed by atoms with E-state index in [1.165, 1.54) is 56.6 Å². The van der Waals surface area contributed by atoms with Crippen molar-refractivity contribution in [3.63, 3.8) is 0 Å². The fourth-order valence-electron chi connectivity index (χ4n) is 4.08. The number of rotatable bonds is 6. The molecule has 126 valence electrons. The Morgan fingerprint density at radius 3 is 2.25 bits per heavy atom. The van der Waals surface area contributed by atoms with Gasteiger partial charge >= 0.3 is 0 Å². The number of hydrogen-bond donors (Lipinski definition) is 1. The fourth-order valence-corrected chi connectivity index (χ4v) is 4.08. The van der Waals surface area contributed by atoms with Crippen LogP contribution < -0.4 is 10.2 Å². The van der Waals surface area contributed by atoms with Crippen LogP contribution in [-0.2, 0) is 0 Å². The van der Waals surface area contributed by atoms with E-state index in [2.05, 4.69) is 70.9 Å². The van der Waals surface area contributed by atoms with Crippen molar-refractivity contribution in [3.8, 4) is 0 Å². The lowest BCUT2D eigenvalue weighted by Crippen LogP contribution is -2.34. The van der Waals surface area contributed by atoms with Crippen molar-refractivity contribution in [2.75, 3.05) is 24.5 Å². The molecule has 2 heteroatoms. The van der Waals surface area contributed by atoms with E-state index < -0.39 is 0 Å². The van der Waals surface area contributed by atoms with Gasteiger partial charge in [-0.1, -0.05) is 48.5 Å². The summed E-state index contributed by atoms with van der Waals surface area (Å²) in [5.41, 5.74) is 2.89. The van der Waals surface area contributed by atoms with Crippen LogP contribution in [0.1, 0.15) is 37.2 Å². The summed E-state index contributed by atoms with van der Waals surface area (Å²) >= 11 is 0. The van der Waals surface area contributed by atoms with E-state index in [0.717, 1.165) is 17.9 Å². The zero-order chi connectivity index (χ0) is 16.2. The van der Waals surface area contributed by atoms with Crippen LogP contribution in [0.2, 0.25) is 0 Å². The lowest BCUT2D eigenvalue weighted by atomic mass is 9.93. The second-order valence-electron chi connectivity index (χ2n) is 7.37. The molecule has 0 spiro atoms. The minimum atomic E-state index is 0.719. The molecule has 0 amide bonds. The molecule has 1 aliphatic carbocycles. The van der Waals surface area contributed by atoms with Gasteiger partial charge in [0.05, 0.1) is 0 Å². The lowest BCUT2D eigenvalue weighted by Gasteiger charge is -2.33. The minimum Gasteiger partial charge on any atom is -0.372 e. The Morgan fingerprint density at radius 2 is 1.54 bits per heavy atom. The van der Waals surface area contributed by atoms with E-state index in [1.807, 2.05) is 0 Å². The van der Waals surface area contributed by atoms with Gasteiger partial charge in [0.2, 0.25) is 0 Å². The Labute approximate surface area is 145 Å². The van der Waals surface area contributed by atoms with E-state index in [0.29, 0.717) is 0 Å². The second kappa shape index (κ2) is 7.40. The quantitative estimate of drug-likeness (QED) is 0.846. The third kappa shape index (κ3) is 3.81. The van der Waals surface area contributed by atoms with Gasteiger partial charge in [-0.2, -0.15) is 0 Å². The van der Waals surface area contributed by atoms with Crippen molar-refractivity contribution < 1.29 is 0 Å². The Balaban J connectivity index is 1.15. The Morgan fingerprint density at radius 1 is 0.875 bits per heavy atom. The first kappa shape index (κ1) is 15.7. The van der Waals surface area contributed by atoms with Crippen molar-refractivity contribution in [3.05, 3.63) is 66.2 Å². The monoisotopic (exact) mass is 320 g/mol. The van der Waals surface area contributed by atoms with Crippen LogP contribution in [-0.4, -0.2) is 25.7 Å². The van der Waals surface area contributed by atoms with E-state index >= 15 is 0 Å². The molecule has 2 atom stereocenters. The van der Waals surface area contributed by atoms with E-state index in [4.69, 9.17) is 0 Å². The molecule has 1 saturated heterocycles. The Bertz CT molecular complexity index is 617. The average Bonchev–Trinajstić information content (AvgIpc) is 3.43. The van der Waals surface area contributed by atoms with Crippen molar-refractivity contribution in [1.82, 2.24) is 5.32 Å². The molecule has 1 N–H and O–H groups in total. The van der Waals surface area contributed by atoms with Gasteiger partial charge in [-0.05, 0) is 55.8 Å². The van der Waals surface area contributed by atoms with Crippen LogP contribution in [0.3, 0.4) is 0 Å². The van der Waals surface area contributed by atoms with Gasteiger partial charge < -0.3 is 10.2 Å². The fraction of sp³-hybridized carbons (Fsp3) is 0.455. The first-order valence-electron chi connectivity index (χ1n) is 9.48. The van der Waals surface area contributed by atoms with Gasteiger partial charge in [-0.25, -0.2) is 0 Å². The predicted molar refractivity (Wildman–Crippen MR) is 102 cm³/mol. The number of nitrogens with zero attached hydrogens (tertiary/aromatic N) is 1. The van der Waals surface area contributed by atoms with Crippen molar-refractivity contribution >= 4 is 5.69 Å². The highest BCUT2D eigenvalue weighted by molar-refractivity contribution is 5.46. The smallest absolute Gasteiger partial charge is 0.0366 e. The maximum atomic E-state index is 3.78. The standard InChI is InChI=1S/C22H28N2/c1-3-7-19(8-4-1)21-17-22(21)23-14-11-18-12-15-24(16-13-18)20-9-5-2-6-10-20/h1-10,18,21-23H,11-17H2. The summed E-state index contributed by atoms with van der Waals surface area (Å²) in [6.07, 6.45) is 5.32. The van der Waals surface area contributed by atoms with Gasteiger partial charge in [-0.15, -0.1) is 0 Å². The number of benzene rings is 2. The largest absolute Gasteiger partial charge is 0.372 e. The normalized spacial score (nSPS) is 24.1. The first-order valence-corrected chi connectivity index (χ1v) is 9.48. The number of nitrogens with one attached hydrogen (secondary N) is 1. The highest BCUT2D eigenvalue weighted by Gasteiger charge is 2.37. The molecule has 0 radical (unpaired) electrons. The average molecular weight is 320 g/mol. The van der Waals surface area contributed by atoms with Crippen LogP contribution >= 0.6 is 0 Å². The topological polar surface area (TPSA) is 15.3 Å². The molecular weight excluding hydrogens is 292 g/mol. The molecule has 0 aromatic heterocycles. The van der Waals surface area contributed by atoms with Crippen LogP contribution in [0.4, 0.5) is 5.69 Å². The SMILES string of the molecule is c1ccc(C2CC2NCCC2CCN(c3ccccc3)CC2)cc1. The Kier molecular flexibility index (Phi) is 4.84. The molecule has 2 unspecified atom stereocenters. The van der Waals surface area contributed by atoms with Gasteiger partial charge in [0, 0.05) is 30.7 Å². The molecular formula is C22H28N2. The summed E-state index contributed by atoms with van der Waals surface area (Å²) in [6.45, 7) is 3.61. The molecule has 1 saturated carbocycles. The van der Waals surface area contributed by atoms with Crippen molar-refractivity contribution in [2.45, 2.75) is 37.6 Å². The zero-order valence-corrected chi connectivity index (χ0v) is 14.4. The third-order valence-corrected chi connectivity index (χ3v) is 5.71. The molecule has 2 aromatic carbocycles. The summed E-state index contributed by atoms with van der Waals surface area (Å²) in [7, 11) is 0. The van der Waals surface area contributed by atoms with Crippen LogP contribution in [0, 0.1) is 5.92 Å². The van der Waals surface area contributed by atoms with Crippen LogP contribution in [0.15, 0.2) is 60.7 Å². The summed E-state index contributed by atoms with van der Waals surface area (Å²) in [5.74, 6) is 1.65. The van der Waals surface area contributed by atoms with Gasteiger partial charge in [0.1, 0.15) is 0 Å². The van der Waals surface area contributed by atoms with Crippen LogP contribution in [0.5, 0.6) is 0 Å². The summed E-state index contributed by atoms with van der Waals surface area (Å²) < 4.78 is 0. The maximum absolute atomic E-state index is 3.78. The number of hydrogen-bond acceptors (Lipinski definition) is 2. The minimum absolute atomic E-state index is 0.719. The van der Waals surface area contributed by atoms with Gasteiger partial charge in [-0.3, -0.25) is 0 Å². The van der Waals surface area contributed by atoms with E-state index in [-0.39, 0.29) is 0 Å². The molecule has 2 aliphatic rings. The van der Waals surface area contributed by atoms with Crippen molar-refractivity contribution in [1.29, 1.82) is 0 Å². The molecule has 1 heterocycles. The number of anilines is 1. The first-order chi connectivity index (χ1) is 11.9. The second-order valence-corrected chi connectivity index (χ2v) is 7.37. The summed E-state index contributed by atoms with van der Waals surface area (Å²) in [4.78, 5) is 2.54. The van der Waals surface area contributed by atoms with Crippen LogP contribution in [0.25, 0.3) is 0 Å². The highest BCUT2D eigenvalue weighted by atomic mass is 15.1. The lowest BCUT2D eigenvalue weighted by molar-refractivity contribution is 0.373. The molecule has 0 bridgehead atoms. The van der Waals surface area contributed by atoms with E-state index in [9.17, 15) is 0 Å². The molecule has 2 fully saturated rings. The zero-order valence-electron chi connectivity index (χ0n) is 14.4. The molecule has 24 heavy (non-hydrogen) atoms.